The van der Waals surface area contributed by atoms with Crippen molar-refractivity contribution in [2.75, 3.05) is 13.2 Å². The van der Waals surface area contributed by atoms with Gasteiger partial charge in [-0.15, -0.1) is 0 Å². The van der Waals surface area contributed by atoms with E-state index in [2.05, 4.69) is 18.8 Å². The normalized spacial score (nSPS) is 17.2. The number of imidazole rings is 1. The molecular weight excluding hydrogens is 388 g/mol. The summed E-state index contributed by atoms with van der Waals surface area (Å²) in [5.74, 6) is -4.31. The molecule has 1 fully saturated rings. The smallest absolute Gasteiger partial charge is 0.414 e. The molecule has 0 spiro atoms. The lowest BCUT2D eigenvalue weighted by atomic mass is 9.93. The summed E-state index contributed by atoms with van der Waals surface area (Å²) < 4.78 is 14.4. The Morgan fingerprint density at radius 1 is 1.14 bits per heavy atom. The summed E-state index contributed by atoms with van der Waals surface area (Å²) in [6.45, 7) is 6.27. The molecular formula is C19H23ClN2O6. The second-order valence-electron chi connectivity index (χ2n) is 7.30. The van der Waals surface area contributed by atoms with Crippen molar-refractivity contribution in [2.45, 2.75) is 32.6 Å². The third kappa shape index (κ3) is 6.63. The molecule has 0 bridgehead atoms. The molecule has 0 unspecified atom stereocenters. The first kappa shape index (κ1) is 21.9. The van der Waals surface area contributed by atoms with E-state index < -0.39 is 17.7 Å². The molecule has 1 saturated heterocycles. The number of carboxylic acid groups (broad SMARTS) is 2. The van der Waals surface area contributed by atoms with Gasteiger partial charge in [-0.3, -0.25) is 0 Å². The van der Waals surface area contributed by atoms with Crippen LogP contribution in [0.4, 0.5) is 0 Å². The summed E-state index contributed by atoms with van der Waals surface area (Å²) in [4.78, 5) is 22.3. The van der Waals surface area contributed by atoms with E-state index in [0.717, 1.165) is 10.6 Å². The predicted octanol–water partition coefficient (Wildman–Crippen LogP) is 2.70. The summed E-state index contributed by atoms with van der Waals surface area (Å²) in [5, 5.41) is 15.5. The Balaban J connectivity index is 0.000000409. The van der Waals surface area contributed by atoms with Gasteiger partial charge in [-0.25, -0.2) is 14.6 Å². The summed E-state index contributed by atoms with van der Waals surface area (Å²) in [6, 6.07) is 7.83. The molecule has 0 amide bonds. The number of aromatic nitrogens is 2. The highest BCUT2D eigenvalue weighted by Crippen LogP contribution is 2.33. The molecule has 2 heterocycles. The van der Waals surface area contributed by atoms with Crippen LogP contribution >= 0.6 is 11.6 Å². The molecule has 9 heteroatoms. The van der Waals surface area contributed by atoms with Crippen LogP contribution in [0.15, 0.2) is 43.0 Å². The van der Waals surface area contributed by atoms with Gasteiger partial charge in [0.1, 0.15) is 0 Å². The molecule has 1 aliphatic heterocycles. The zero-order valence-electron chi connectivity index (χ0n) is 15.7. The van der Waals surface area contributed by atoms with Gasteiger partial charge in [0.05, 0.1) is 26.1 Å². The van der Waals surface area contributed by atoms with E-state index in [1.165, 1.54) is 0 Å². The fourth-order valence-electron chi connectivity index (χ4n) is 2.56. The molecule has 1 aromatic heterocycles. The van der Waals surface area contributed by atoms with Crippen molar-refractivity contribution in [3.05, 3.63) is 53.6 Å². The molecule has 3 rings (SSSR count). The Labute approximate surface area is 167 Å². The summed E-state index contributed by atoms with van der Waals surface area (Å²) in [5.41, 5.74) is 1.18. The van der Waals surface area contributed by atoms with Crippen molar-refractivity contribution >= 4 is 23.5 Å². The van der Waals surface area contributed by atoms with Gasteiger partial charge in [0.15, 0.2) is 5.79 Å². The van der Waals surface area contributed by atoms with Crippen LogP contribution in [0.25, 0.3) is 0 Å². The molecule has 8 nitrogen and oxygen atoms in total. The van der Waals surface area contributed by atoms with Gasteiger partial charge >= 0.3 is 11.9 Å². The minimum absolute atomic E-state index is 0.0401. The number of halogens is 1. The van der Waals surface area contributed by atoms with Crippen molar-refractivity contribution in [1.29, 1.82) is 0 Å². The van der Waals surface area contributed by atoms with Crippen LogP contribution < -0.4 is 0 Å². The number of carboxylic acids is 2. The molecule has 152 valence electrons. The van der Waals surface area contributed by atoms with E-state index in [-0.39, 0.29) is 5.41 Å². The summed E-state index contributed by atoms with van der Waals surface area (Å²) >= 11 is 5.97. The molecule has 0 radical (unpaired) electrons. The zero-order valence-corrected chi connectivity index (χ0v) is 16.4. The van der Waals surface area contributed by atoms with Crippen LogP contribution in [0.2, 0.25) is 5.02 Å². The fourth-order valence-corrected chi connectivity index (χ4v) is 2.68. The van der Waals surface area contributed by atoms with Crippen molar-refractivity contribution in [2.24, 2.45) is 5.41 Å². The predicted molar refractivity (Wildman–Crippen MR) is 101 cm³/mol. The average molecular weight is 411 g/mol. The van der Waals surface area contributed by atoms with Crippen LogP contribution in [0.1, 0.15) is 19.4 Å². The highest BCUT2D eigenvalue weighted by atomic mass is 35.5. The molecule has 0 saturated carbocycles. The highest BCUT2D eigenvalue weighted by molar-refractivity contribution is 6.30. The maximum absolute atomic E-state index is 9.10. The quantitative estimate of drug-likeness (QED) is 0.745. The van der Waals surface area contributed by atoms with Gasteiger partial charge in [-0.1, -0.05) is 37.6 Å². The summed E-state index contributed by atoms with van der Waals surface area (Å²) in [6.07, 6.45) is 6.16. The second kappa shape index (κ2) is 9.18. The fraction of sp³-hybridized carbons (Fsp3) is 0.421. The maximum atomic E-state index is 9.10. The van der Waals surface area contributed by atoms with E-state index >= 15 is 0 Å². The number of carbonyl (C=O) groups is 2. The first-order chi connectivity index (χ1) is 13.1. The number of ether oxygens (including phenoxy) is 2. The van der Waals surface area contributed by atoms with Crippen molar-refractivity contribution < 1.29 is 29.3 Å². The standard InChI is InChI=1S/C17H21ClN2O2.C2H2O4/c1-16(2)11-21-17(22-12-16,10-20-8-7-19-13-20)9-14-3-5-15(18)6-4-14;3-1(4)2(5)6/h3-8,13H,9-12H2,1-2H3;(H,3,4)(H,5,6). The number of hydrogen-bond donors (Lipinski definition) is 2. The number of aliphatic carboxylic acids is 2. The first-order valence-electron chi connectivity index (χ1n) is 8.55. The molecule has 0 aliphatic carbocycles. The van der Waals surface area contributed by atoms with Gasteiger partial charge in [0, 0.05) is 29.3 Å². The van der Waals surface area contributed by atoms with Gasteiger partial charge in [0.25, 0.3) is 0 Å². The van der Waals surface area contributed by atoms with Crippen LogP contribution in [-0.4, -0.2) is 50.7 Å². The van der Waals surface area contributed by atoms with Crippen LogP contribution in [0.3, 0.4) is 0 Å². The van der Waals surface area contributed by atoms with Gasteiger partial charge in [-0.2, -0.15) is 0 Å². The van der Waals surface area contributed by atoms with E-state index in [1.54, 1.807) is 12.5 Å². The Bertz CT molecular complexity index is 767. The SMILES string of the molecule is CC1(C)COC(Cc2ccc(Cl)cc2)(Cn2ccnc2)OC1.O=C(O)C(=O)O. The third-order valence-corrected chi connectivity index (χ3v) is 4.26. The molecule has 0 atom stereocenters. The zero-order chi connectivity index (χ0) is 20.8. The topological polar surface area (TPSA) is 111 Å². The lowest BCUT2D eigenvalue weighted by Gasteiger charge is -2.43. The van der Waals surface area contributed by atoms with E-state index in [0.29, 0.717) is 26.2 Å². The van der Waals surface area contributed by atoms with E-state index in [4.69, 9.17) is 40.9 Å². The van der Waals surface area contributed by atoms with Crippen LogP contribution in [-0.2, 0) is 32.0 Å². The van der Waals surface area contributed by atoms with Gasteiger partial charge in [0.2, 0.25) is 0 Å². The lowest BCUT2D eigenvalue weighted by Crippen LogP contribution is -2.51. The largest absolute Gasteiger partial charge is 0.473 e. The number of nitrogens with zero attached hydrogens (tertiary/aromatic N) is 2. The van der Waals surface area contributed by atoms with E-state index in [9.17, 15) is 0 Å². The van der Waals surface area contributed by atoms with Crippen molar-refractivity contribution in [1.82, 2.24) is 9.55 Å². The molecule has 2 aromatic rings. The Kier molecular flexibility index (Phi) is 7.17. The first-order valence-corrected chi connectivity index (χ1v) is 8.93. The second-order valence-corrected chi connectivity index (χ2v) is 7.74. The summed E-state index contributed by atoms with van der Waals surface area (Å²) in [7, 11) is 0. The molecule has 1 aliphatic rings. The highest BCUT2D eigenvalue weighted by Gasteiger charge is 2.41. The molecule has 2 N–H and O–H groups in total. The Morgan fingerprint density at radius 3 is 2.18 bits per heavy atom. The van der Waals surface area contributed by atoms with Gasteiger partial charge in [-0.05, 0) is 17.7 Å². The monoisotopic (exact) mass is 410 g/mol. The maximum Gasteiger partial charge on any atom is 0.414 e. The van der Waals surface area contributed by atoms with Crippen molar-refractivity contribution in [3.8, 4) is 0 Å². The van der Waals surface area contributed by atoms with Crippen LogP contribution in [0.5, 0.6) is 0 Å². The minimum atomic E-state index is -1.82. The lowest BCUT2D eigenvalue weighted by molar-refractivity contribution is -0.304. The Hall–Kier alpha value is -2.42. The Morgan fingerprint density at radius 2 is 1.71 bits per heavy atom. The number of rotatable bonds is 4. The van der Waals surface area contributed by atoms with Crippen LogP contribution in [0, 0.1) is 5.41 Å². The number of benzene rings is 1. The average Bonchev–Trinajstić information content (AvgIpc) is 3.13. The van der Waals surface area contributed by atoms with Crippen molar-refractivity contribution in [3.63, 3.8) is 0 Å². The number of hydrogen-bond acceptors (Lipinski definition) is 5. The van der Waals surface area contributed by atoms with E-state index in [1.807, 2.05) is 35.0 Å². The molecule has 28 heavy (non-hydrogen) atoms. The minimum Gasteiger partial charge on any atom is -0.473 e. The third-order valence-electron chi connectivity index (χ3n) is 4.00. The van der Waals surface area contributed by atoms with Gasteiger partial charge < -0.3 is 24.3 Å². The molecule has 1 aromatic carbocycles.